The van der Waals surface area contributed by atoms with Crippen molar-refractivity contribution in [3.63, 3.8) is 0 Å². The molecule has 0 spiro atoms. The number of aryl methyl sites for hydroxylation is 2. The van der Waals surface area contributed by atoms with Crippen LogP contribution in [0.3, 0.4) is 0 Å². The number of nitrogens with zero attached hydrogens (tertiary/aromatic N) is 5. The van der Waals surface area contributed by atoms with E-state index in [1.165, 1.54) is 0 Å². The minimum absolute atomic E-state index is 0.558. The van der Waals surface area contributed by atoms with Crippen LogP contribution in [0.5, 0.6) is 17.2 Å². The quantitative estimate of drug-likeness (QED) is 0.366. The summed E-state index contributed by atoms with van der Waals surface area (Å²) in [6.45, 7) is 7.62. The van der Waals surface area contributed by atoms with Gasteiger partial charge < -0.3 is 24.3 Å². The van der Waals surface area contributed by atoms with Crippen molar-refractivity contribution >= 4 is 29.0 Å². The predicted molar refractivity (Wildman–Crippen MR) is 146 cm³/mol. The molecule has 10 nitrogen and oxygen atoms in total. The van der Waals surface area contributed by atoms with Gasteiger partial charge in [0, 0.05) is 26.7 Å². The molecule has 0 bridgehead atoms. The largest absolute Gasteiger partial charge is 0.493 e. The third kappa shape index (κ3) is 6.31. The molecule has 200 valence electrons. The number of morpholine rings is 1. The fourth-order valence-electron chi connectivity index (χ4n) is 4.56. The Balaban J connectivity index is 1.60. The Morgan fingerprint density at radius 2 is 1.76 bits per heavy atom. The van der Waals surface area contributed by atoms with Crippen LogP contribution in [-0.4, -0.2) is 85.4 Å². The molecule has 37 heavy (non-hydrogen) atoms. The number of hydrogen-bond donors (Lipinski definition) is 1. The molecule has 0 aliphatic carbocycles. The van der Waals surface area contributed by atoms with Gasteiger partial charge in [-0.3, -0.25) is 9.58 Å². The molecule has 0 unspecified atom stereocenters. The zero-order valence-corrected chi connectivity index (χ0v) is 22.5. The highest BCUT2D eigenvalue weighted by molar-refractivity contribution is 5.89. The van der Waals surface area contributed by atoms with Crippen LogP contribution in [-0.2, 0) is 18.2 Å². The lowest BCUT2D eigenvalue weighted by molar-refractivity contribution is 0.0378. The molecule has 3 aromatic rings. The first-order valence-corrected chi connectivity index (χ1v) is 12.8. The lowest BCUT2D eigenvalue weighted by atomic mass is 10.1. The molecule has 0 radical (unpaired) electrons. The standard InChI is InChI=1S/C27H38N6O4/c1-6-8-20-24-25(32(2)31-20)27(28-11-7-12-33-13-15-37-16-14-33)30-23(29-24)10-9-19-17-21(34-3)26(36-5)22(18-19)35-4/h9-10,17-18H,6-8,11-16H2,1-5H3,(H,28,29,30)/b10-9+. The lowest BCUT2D eigenvalue weighted by Crippen LogP contribution is -2.37. The molecule has 1 aliphatic rings. The lowest BCUT2D eigenvalue weighted by Gasteiger charge is -2.26. The van der Waals surface area contributed by atoms with E-state index in [1.54, 1.807) is 21.3 Å². The summed E-state index contributed by atoms with van der Waals surface area (Å²) < 4.78 is 23.8. The van der Waals surface area contributed by atoms with E-state index in [4.69, 9.17) is 34.0 Å². The number of rotatable bonds is 12. The van der Waals surface area contributed by atoms with E-state index < -0.39 is 0 Å². The van der Waals surface area contributed by atoms with Crippen LogP contribution in [0, 0.1) is 0 Å². The number of ether oxygens (including phenoxy) is 4. The highest BCUT2D eigenvalue weighted by Gasteiger charge is 2.17. The van der Waals surface area contributed by atoms with E-state index in [1.807, 2.05) is 36.0 Å². The second kappa shape index (κ2) is 12.7. The number of hydrogen-bond acceptors (Lipinski definition) is 9. The van der Waals surface area contributed by atoms with Crippen LogP contribution in [0.4, 0.5) is 5.82 Å². The minimum atomic E-state index is 0.558. The normalized spacial score (nSPS) is 14.4. The predicted octanol–water partition coefficient (Wildman–Crippen LogP) is 3.65. The maximum Gasteiger partial charge on any atom is 0.203 e. The van der Waals surface area contributed by atoms with Crippen molar-refractivity contribution in [1.29, 1.82) is 0 Å². The summed E-state index contributed by atoms with van der Waals surface area (Å²) in [6, 6.07) is 3.79. The van der Waals surface area contributed by atoms with Gasteiger partial charge in [-0.25, -0.2) is 9.97 Å². The zero-order chi connectivity index (χ0) is 26.2. The van der Waals surface area contributed by atoms with Crippen molar-refractivity contribution in [2.24, 2.45) is 7.05 Å². The smallest absolute Gasteiger partial charge is 0.203 e. The molecule has 0 atom stereocenters. The number of aromatic nitrogens is 4. The fraction of sp³-hybridized carbons (Fsp3) is 0.519. The van der Waals surface area contributed by atoms with E-state index in [0.29, 0.717) is 23.1 Å². The second-order valence-electron chi connectivity index (χ2n) is 8.97. The van der Waals surface area contributed by atoms with Crippen molar-refractivity contribution in [2.45, 2.75) is 26.2 Å². The summed E-state index contributed by atoms with van der Waals surface area (Å²) in [5.74, 6) is 3.16. The van der Waals surface area contributed by atoms with Gasteiger partial charge in [-0.1, -0.05) is 19.4 Å². The van der Waals surface area contributed by atoms with E-state index in [9.17, 15) is 0 Å². The number of methoxy groups -OCH3 is 3. The molecule has 1 aliphatic heterocycles. The average Bonchev–Trinajstić information content (AvgIpc) is 3.24. The topological polar surface area (TPSA) is 95.8 Å². The van der Waals surface area contributed by atoms with E-state index >= 15 is 0 Å². The minimum Gasteiger partial charge on any atom is -0.493 e. The first-order valence-electron chi connectivity index (χ1n) is 12.8. The second-order valence-corrected chi connectivity index (χ2v) is 8.97. The number of nitrogens with one attached hydrogen (secondary N) is 1. The molecule has 2 aromatic heterocycles. The molecular formula is C27H38N6O4. The average molecular weight is 511 g/mol. The van der Waals surface area contributed by atoms with Gasteiger partial charge in [0.25, 0.3) is 0 Å². The summed E-state index contributed by atoms with van der Waals surface area (Å²) in [7, 11) is 6.76. The summed E-state index contributed by atoms with van der Waals surface area (Å²) in [5.41, 5.74) is 3.69. The Morgan fingerprint density at radius 3 is 2.41 bits per heavy atom. The van der Waals surface area contributed by atoms with Crippen LogP contribution < -0.4 is 19.5 Å². The van der Waals surface area contributed by atoms with E-state index in [-0.39, 0.29) is 0 Å². The SMILES string of the molecule is CCCc1nn(C)c2c(NCCCN3CCOCC3)nc(/C=C/c3cc(OC)c(OC)c(OC)c3)nc12. The van der Waals surface area contributed by atoms with Crippen LogP contribution in [0.15, 0.2) is 12.1 Å². The number of anilines is 1. The monoisotopic (exact) mass is 510 g/mol. The Bertz CT molecular complexity index is 1190. The Labute approximate surface area is 218 Å². The van der Waals surface area contributed by atoms with Crippen molar-refractivity contribution in [2.75, 3.05) is 66.0 Å². The third-order valence-electron chi connectivity index (χ3n) is 6.41. The molecule has 1 N–H and O–H groups in total. The van der Waals surface area contributed by atoms with Crippen molar-refractivity contribution in [3.05, 3.63) is 29.2 Å². The summed E-state index contributed by atoms with van der Waals surface area (Å²) in [5, 5.41) is 8.30. The zero-order valence-electron chi connectivity index (χ0n) is 22.5. The van der Waals surface area contributed by atoms with E-state index in [0.717, 1.165) is 86.8 Å². The third-order valence-corrected chi connectivity index (χ3v) is 6.41. The molecule has 3 heterocycles. The van der Waals surface area contributed by atoms with E-state index in [2.05, 4.69) is 17.1 Å². The van der Waals surface area contributed by atoms with Crippen molar-refractivity contribution < 1.29 is 18.9 Å². The van der Waals surface area contributed by atoms with Gasteiger partial charge in [-0.2, -0.15) is 5.10 Å². The van der Waals surface area contributed by atoms with Gasteiger partial charge in [0.15, 0.2) is 23.1 Å². The van der Waals surface area contributed by atoms with Crippen LogP contribution in [0.2, 0.25) is 0 Å². The van der Waals surface area contributed by atoms with Gasteiger partial charge in [0.05, 0.1) is 40.2 Å². The molecular weight excluding hydrogens is 472 g/mol. The van der Waals surface area contributed by atoms with Crippen molar-refractivity contribution in [1.82, 2.24) is 24.6 Å². The molecule has 0 saturated carbocycles. The van der Waals surface area contributed by atoms with Crippen LogP contribution in [0.25, 0.3) is 23.2 Å². The summed E-state index contributed by atoms with van der Waals surface area (Å²) in [4.78, 5) is 12.2. The summed E-state index contributed by atoms with van der Waals surface area (Å²) >= 11 is 0. The highest BCUT2D eigenvalue weighted by atomic mass is 16.5. The first-order chi connectivity index (χ1) is 18.1. The maximum absolute atomic E-state index is 5.49. The molecule has 0 amide bonds. The van der Waals surface area contributed by atoms with Gasteiger partial charge in [0.2, 0.25) is 5.75 Å². The van der Waals surface area contributed by atoms with Crippen LogP contribution >= 0.6 is 0 Å². The fourth-order valence-corrected chi connectivity index (χ4v) is 4.56. The first kappa shape index (κ1) is 26.7. The molecule has 1 saturated heterocycles. The number of fused-ring (bicyclic) bond motifs is 1. The highest BCUT2D eigenvalue weighted by Crippen LogP contribution is 2.38. The molecule has 10 heteroatoms. The molecule has 1 fully saturated rings. The Hall–Kier alpha value is -3.37. The molecule has 4 rings (SSSR count). The maximum atomic E-state index is 5.49. The van der Waals surface area contributed by atoms with Gasteiger partial charge in [-0.05, 0) is 43.2 Å². The van der Waals surface area contributed by atoms with Crippen LogP contribution in [0.1, 0.15) is 36.8 Å². The van der Waals surface area contributed by atoms with Gasteiger partial charge >= 0.3 is 0 Å². The van der Waals surface area contributed by atoms with Gasteiger partial charge in [-0.15, -0.1) is 0 Å². The summed E-state index contributed by atoms with van der Waals surface area (Å²) in [6.07, 6.45) is 6.73. The Kier molecular flexibility index (Phi) is 9.19. The number of benzene rings is 1. The molecule has 1 aromatic carbocycles. The van der Waals surface area contributed by atoms with Gasteiger partial charge in [0.1, 0.15) is 11.0 Å². The van der Waals surface area contributed by atoms with Crippen molar-refractivity contribution in [3.8, 4) is 17.2 Å². The Morgan fingerprint density at radius 1 is 1.03 bits per heavy atom.